The number of rotatable bonds is 3. The summed E-state index contributed by atoms with van der Waals surface area (Å²) in [4.78, 5) is 32.6. The number of carbonyl (C=O) groups is 1. The highest BCUT2D eigenvalue weighted by atomic mass is 19.1. The van der Waals surface area contributed by atoms with Crippen LogP contribution in [0.25, 0.3) is 27.8 Å². The van der Waals surface area contributed by atoms with E-state index in [1.54, 1.807) is 29.1 Å². The van der Waals surface area contributed by atoms with Crippen LogP contribution >= 0.6 is 0 Å². The number of hydrogen-bond donors (Lipinski definition) is 1. The molecule has 9 heteroatoms. The van der Waals surface area contributed by atoms with E-state index >= 15 is 0 Å². The summed E-state index contributed by atoms with van der Waals surface area (Å²) in [7, 11) is 2.13. The van der Waals surface area contributed by atoms with Gasteiger partial charge in [0.1, 0.15) is 11.5 Å². The van der Waals surface area contributed by atoms with Crippen molar-refractivity contribution in [3.05, 3.63) is 76.5 Å². The Morgan fingerprint density at radius 2 is 1.76 bits per heavy atom. The van der Waals surface area contributed by atoms with Crippen LogP contribution in [0.2, 0.25) is 0 Å². The molecule has 2 atom stereocenters. The molecule has 6 rings (SSSR count). The Morgan fingerprint density at radius 3 is 2.50 bits per heavy atom. The third-order valence-electron chi connectivity index (χ3n) is 6.91. The van der Waals surface area contributed by atoms with E-state index in [4.69, 9.17) is 0 Å². The number of fused-ring (bicyclic) bond motifs is 2. The van der Waals surface area contributed by atoms with Crippen LogP contribution in [-0.2, 0) is 0 Å². The van der Waals surface area contributed by atoms with Crippen LogP contribution in [0, 0.1) is 17.7 Å². The van der Waals surface area contributed by atoms with Crippen molar-refractivity contribution in [1.29, 1.82) is 0 Å². The number of nitrogens with one attached hydrogen (secondary N) is 1. The normalized spacial score (nSPS) is 20.2. The molecular formula is C25H23FN6O2. The summed E-state index contributed by atoms with van der Waals surface area (Å²) in [6, 6.07) is 13.0. The number of pyridine rings is 1. The summed E-state index contributed by atoms with van der Waals surface area (Å²) in [5, 5.41) is 8.84. The van der Waals surface area contributed by atoms with Crippen molar-refractivity contribution in [1.82, 2.24) is 29.8 Å². The molecule has 2 aliphatic heterocycles. The van der Waals surface area contributed by atoms with Crippen LogP contribution in [-0.4, -0.2) is 68.9 Å². The fourth-order valence-electron chi connectivity index (χ4n) is 5.21. The maximum absolute atomic E-state index is 13.6. The molecule has 4 heterocycles. The van der Waals surface area contributed by atoms with Gasteiger partial charge in [0.05, 0.1) is 17.4 Å². The number of aromatic nitrogens is 4. The molecule has 8 nitrogen and oxygen atoms in total. The monoisotopic (exact) mass is 458 g/mol. The molecule has 2 saturated heterocycles. The highest BCUT2D eigenvalue weighted by Crippen LogP contribution is 2.31. The third kappa shape index (κ3) is 3.58. The smallest absolute Gasteiger partial charge is 0.258 e. The molecule has 0 spiro atoms. The predicted molar refractivity (Wildman–Crippen MR) is 125 cm³/mol. The zero-order chi connectivity index (χ0) is 23.4. The fraction of sp³-hybridized carbons (Fsp3) is 0.280. The molecule has 0 aliphatic carbocycles. The first-order valence-corrected chi connectivity index (χ1v) is 11.3. The SMILES string of the molecule is CN1CC2CN(C(=O)c3ccc(-n4cc(-c5cc6cc(F)ccc6[nH]c5=O)nn4)cc3)CC2C1. The average Bonchev–Trinajstić information content (AvgIpc) is 3.54. The Balaban J connectivity index is 1.22. The molecule has 2 unspecified atom stereocenters. The molecule has 34 heavy (non-hydrogen) atoms. The van der Waals surface area contributed by atoms with E-state index in [0.29, 0.717) is 39.6 Å². The lowest BCUT2D eigenvalue weighted by Crippen LogP contribution is -2.32. The minimum Gasteiger partial charge on any atom is -0.338 e. The fourth-order valence-corrected chi connectivity index (χ4v) is 5.21. The summed E-state index contributed by atoms with van der Waals surface area (Å²) in [6.07, 6.45) is 1.64. The molecule has 0 bridgehead atoms. The number of amides is 1. The van der Waals surface area contributed by atoms with Gasteiger partial charge in [0, 0.05) is 42.6 Å². The van der Waals surface area contributed by atoms with Crippen LogP contribution in [0.15, 0.2) is 59.5 Å². The van der Waals surface area contributed by atoms with Gasteiger partial charge < -0.3 is 14.8 Å². The predicted octanol–water partition coefficient (Wildman–Crippen LogP) is 2.55. The molecule has 2 aromatic heterocycles. The summed E-state index contributed by atoms with van der Waals surface area (Å²) < 4.78 is 15.2. The van der Waals surface area contributed by atoms with Gasteiger partial charge in [0.2, 0.25) is 0 Å². The van der Waals surface area contributed by atoms with E-state index in [9.17, 15) is 14.0 Å². The van der Waals surface area contributed by atoms with Crippen molar-refractivity contribution < 1.29 is 9.18 Å². The molecular weight excluding hydrogens is 435 g/mol. The highest BCUT2D eigenvalue weighted by Gasteiger charge is 2.40. The minimum atomic E-state index is -0.381. The van der Waals surface area contributed by atoms with Gasteiger partial charge in [-0.25, -0.2) is 9.07 Å². The number of carbonyl (C=O) groups excluding carboxylic acids is 1. The molecule has 0 saturated carbocycles. The van der Waals surface area contributed by atoms with Crippen molar-refractivity contribution in [3.63, 3.8) is 0 Å². The van der Waals surface area contributed by atoms with Crippen LogP contribution in [0.4, 0.5) is 4.39 Å². The van der Waals surface area contributed by atoms with E-state index in [-0.39, 0.29) is 17.3 Å². The zero-order valence-electron chi connectivity index (χ0n) is 18.6. The zero-order valence-corrected chi connectivity index (χ0v) is 18.6. The van der Waals surface area contributed by atoms with Gasteiger partial charge in [-0.3, -0.25) is 9.59 Å². The van der Waals surface area contributed by atoms with E-state index < -0.39 is 0 Å². The van der Waals surface area contributed by atoms with Crippen molar-refractivity contribution in [3.8, 4) is 16.9 Å². The molecule has 1 N–H and O–H groups in total. The Hall–Kier alpha value is -3.85. The van der Waals surface area contributed by atoms with Crippen LogP contribution < -0.4 is 5.56 Å². The third-order valence-corrected chi connectivity index (χ3v) is 6.91. The molecule has 1 amide bonds. The van der Waals surface area contributed by atoms with E-state index in [1.165, 1.54) is 18.2 Å². The van der Waals surface area contributed by atoms with Gasteiger partial charge >= 0.3 is 0 Å². The number of aromatic amines is 1. The Bertz CT molecular complexity index is 1450. The van der Waals surface area contributed by atoms with Crippen molar-refractivity contribution >= 4 is 16.8 Å². The van der Waals surface area contributed by atoms with Gasteiger partial charge in [-0.15, -0.1) is 5.10 Å². The first kappa shape index (κ1) is 20.7. The largest absolute Gasteiger partial charge is 0.338 e. The van der Waals surface area contributed by atoms with E-state index in [0.717, 1.165) is 31.9 Å². The maximum Gasteiger partial charge on any atom is 0.258 e. The van der Waals surface area contributed by atoms with Gasteiger partial charge in [0.15, 0.2) is 0 Å². The first-order valence-electron chi connectivity index (χ1n) is 11.3. The second kappa shape index (κ2) is 7.88. The number of benzene rings is 2. The van der Waals surface area contributed by atoms with Gasteiger partial charge in [0.25, 0.3) is 11.5 Å². The molecule has 172 valence electrons. The van der Waals surface area contributed by atoms with Crippen molar-refractivity contribution in [2.45, 2.75) is 0 Å². The summed E-state index contributed by atoms with van der Waals surface area (Å²) in [5.41, 5.74) is 2.27. The van der Waals surface area contributed by atoms with Crippen molar-refractivity contribution in [2.75, 3.05) is 33.2 Å². The molecule has 2 aliphatic rings. The van der Waals surface area contributed by atoms with Crippen LogP contribution in [0.5, 0.6) is 0 Å². The van der Waals surface area contributed by atoms with E-state index in [2.05, 4.69) is 27.2 Å². The Labute approximate surface area is 194 Å². The second-order valence-corrected chi connectivity index (χ2v) is 9.29. The van der Waals surface area contributed by atoms with Gasteiger partial charge in [-0.05, 0) is 67.4 Å². The molecule has 2 aromatic carbocycles. The lowest BCUT2D eigenvalue weighted by atomic mass is 10.0. The van der Waals surface area contributed by atoms with Crippen LogP contribution in [0.3, 0.4) is 0 Å². The lowest BCUT2D eigenvalue weighted by molar-refractivity contribution is 0.0776. The summed E-state index contributed by atoms with van der Waals surface area (Å²) >= 11 is 0. The van der Waals surface area contributed by atoms with Crippen molar-refractivity contribution in [2.24, 2.45) is 11.8 Å². The molecule has 0 radical (unpaired) electrons. The maximum atomic E-state index is 13.6. The Kier molecular flexibility index (Phi) is 4.80. The quantitative estimate of drug-likeness (QED) is 0.510. The average molecular weight is 458 g/mol. The van der Waals surface area contributed by atoms with Crippen LogP contribution in [0.1, 0.15) is 10.4 Å². The lowest BCUT2D eigenvalue weighted by Gasteiger charge is -2.19. The number of likely N-dealkylation sites (tertiary alicyclic amines) is 2. The number of hydrogen-bond acceptors (Lipinski definition) is 5. The van der Waals surface area contributed by atoms with E-state index in [1.807, 2.05) is 17.0 Å². The Morgan fingerprint density at radius 1 is 1.03 bits per heavy atom. The minimum absolute atomic E-state index is 0.0535. The topological polar surface area (TPSA) is 87.1 Å². The molecule has 2 fully saturated rings. The second-order valence-electron chi connectivity index (χ2n) is 9.29. The number of H-pyrrole nitrogens is 1. The first-order chi connectivity index (χ1) is 16.4. The summed E-state index contributed by atoms with van der Waals surface area (Å²) in [5.74, 6) is 0.805. The number of nitrogens with zero attached hydrogens (tertiary/aromatic N) is 5. The highest BCUT2D eigenvalue weighted by molar-refractivity contribution is 5.94. The number of halogens is 1. The standard InChI is InChI=1S/C25H23FN6O2/c1-30-10-17-12-31(13-18(17)11-30)25(34)15-2-5-20(6-3-15)32-14-23(28-29-32)21-9-16-8-19(26)4-7-22(16)27-24(21)33/h2-9,14,17-18H,10-13H2,1H3,(H,27,33). The van der Waals surface area contributed by atoms with Gasteiger partial charge in [-0.1, -0.05) is 5.21 Å². The van der Waals surface area contributed by atoms with Gasteiger partial charge in [-0.2, -0.15) is 0 Å². The molecule has 4 aromatic rings. The summed E-state index contributed by atoms with van der Waals surface area (Å²) in [6.45, 7) is 3.73.